The minimum absolute atomic E-state index is 0.286. The number of hydrogen-bond acceptors (Lipinski definition) is 0. The van der Waals surface area contributed by atoms with Gasteiger partial charge >= 0.3 is 6.18 Å². The molecule has 0 fully saturated rings. The van der Waals surface area contributed by atoms with Crippen molar-refractivity contribution in [3.63, 3.8) is 0 Å². The molecular formula is C18H13ClF3N. The zero-order chi connectivity index (χ0) is 16.4. The maximum absolute atomic E-state index is 12.8. The van der Waals surface area contributed by atoms with E-state index in [-0.39, 0.29) is 5.02 Å². The number of alkyl halides is 3. The molecule has 3 aromatic rings. The van der Waals surface area contributed by atoms with E-state index >= 15 is 0 Å². The molecule has 0 N–H and O–H groups in total. The first-order valence-electron chi connectivity index (χ1n) is 7.02. The standard InChI is InChI=1S/C18H13ClF3N/c19-16-8-7-13(12-15(16)18(20,21)22)4-3-10-23-11-9-14-5-1-2-6-17(14)23/h1-9,11-12H,10H2/b4-3+. The van der Waals surface area contributed by atoms with Crippen molar-refractivity contribution in [1.82, 2.24) is 4.57 Å². The minimum Gasteiger partial charge on any atom is -0.344 e. The van der Waals surface area contributed by atoms with E-state index in [0.717, 1.165) is 17.0 Å². The Bertz CT molecular complexity index is 862. The van der Waals surface area contributed by atoms with Gasteiger partial charge in [-0.15, -0.1) is 0 Å². The molecule has 23 heavy (non-hydrogen) atoms. The predicted molar refractivity (Wildman–Crippen MR) is 87.4 cm³/mol. The lowest BCUT2D eigenvalue weighted by atomic mass is 10.1. The van der Waals surface area contributed by atoms with Crippen LogP contribution >= 0.6 is 11.6 Å². The Balaban J connectivity index is 1.81. The van der Waals surface area contributed by atoms with E-state index in [0.29, 0.717) is 12.1 Å². The highest BCUT2D eigenvalue weighted by molar-refractivity contribution is 6.31. The van der Waals surface area contributed by atoms with Gasteiger partial charge in [-0.3, -0.25) is 0 Å². The molecule has 0 amide bonds. The summed E-state index contributed by atoms with van der Waals surface area (Å²) in [6.07, 6.45) is 1.01. The first-order chi connectivity index (χ1) is 10.9. The van der Waals surface area contributed by atoms with Gasteiger partial charge in [-0.2, -0.15) is 13.2 Å². The SMILES string of the molecule is FC(F)(F)c1cc(/C=C/Cn2ccc3ccccc32)ccc1Cl. The molecule has 0 spiro atoms. The fourth-order valence-electron chi connectivity index (χ4n) is 2.47. The van der Waals surface area contributed by atoms with Crippen LogP contribution in [0.1, 0.15) is 11.1 Å². The lowest BCUT2D eigenvalue weighted by Gasteiger charge is -2.09. The summed E-state index contributed by atoms with van der Waals surface area (Å²) >= 11 is 5.61. The quantitative estimate of drug-likeness (QED) is 0.551. The van der Waals surface area contributed by atoms with E-state index in [4.69, 9.17) is 11.6 Å². The van der Waals surface area contributed by atoms with E-state index in [1.165, 1.54) is 6.07 Å². The number of allylic oxidation sites excluding steroid dienone is 1. The summed E-state index contributed by atoms with van der Waals surface area (Å²) in [4.78, 5) is 0. The van der Waals surface area contributed by atoms with Gasteiger partial charge in [0.1, 0.15) is 0 Å². The average Bonchev–Trinajstić information content (AvgIpc) is 2.91. The van der Waals surface area contributed by atoms with Crippen LogP contribution in [0.3, 0.4) is 0 Å². The predicted octanol–water partition coefficient (Wildman–Crippen LogP) is 6.03. The number of para-hydroxylation sites is 1. The van der Waals surface area contributed by atoms with E-state index in [2.05, 4.69) is 0 Å². The van der Waals surface area contributed by atoms with Gasteiger partial charge in [0.05, 0.1) is 10.6 Å². The lowest BCUT2D eigenvalue weighted by molar-refractivity contribution is -0.137. The van der Waals surface area contributed by atoms with Gasteiger partial charge < -0.3 is 4.57 Å². The summed E-state index contributed by atoms with van der Waals surface area (Å²) in [5.74, 6) is 0. The number of halogens is 4. The molecule has 0 atom stereocenters. The van der Waals surface area contributed by atoms with Crippen LogP contribution in [0.15, 0.2) is 60.8 Å². The highest BCUT2D eigenvalue weighted by Gasteiger charge is 2.33. The second kappa shape index (κ2) is 6.13. The average molecular weight is 336 g/mol. The monoisotopic (exact) mass is 335 g/mol. The van der Waals surface area contributed by atoms with Crippen LogP contribution in [-0.2, 0) is 12.7 Å². The molecule has 0 aliphatic carbocycles. The third-order valence-electron chi connectivity index (χ3n) is 3.59. The molecule has 0 radical (unpaired) electrons. The summed E-state index contributed by atoms with van der Waals surface area (Å²) in [6.45, 7) is 0.581. The third-order valence-corrected chi connectivity index (χ3v) is 3.92. The van der Waals surface area contributed by atoms with Gasteiger partial charge in [0, 0.05) is 18.3 Å². The largest absolute Gasteiger partial charge is 0.417 e. The van der Waals surface area contributed by atoms with Crippen molar-refractivity contribution in [2.75, 3.05) is 0 Å². The van der Waals surface area contributed by atoms with Crippen molar-refractivity contribution in [1.29, 1.82) is 0 Å². The first kappa shape index (κ1) is 15.7. The van der Waals surface area contributed by atoms with Crippen LogP contribution in [0.25, 0.3) is 17.0 Å². The van der Waals surface area contributed by atoms with Crippen molar-refractivity contribution in [3.8, 4) is 0 Å². The summed E-state index contributed by atoms with van der Waals surface area (Å²) in [5.41, 5.74) is 0.746. The Morgan fingerprint density at radius 3 is 2.61 bits per heavy atom. The zero-order valence-corrected chi connectivity index (χ0v) is 12.8. The van der Waals surface area contributed by atoms with Crippen molar-refractivity contribution < 1.29 is 13.2 Å². The van der Waals surface area contributed by atoms with Crippen LogP contribution in [-0.4, -0.2) is 4.57 Å². The van der Waals surface area contributed by atoms with Gasteiger partial charge in [-0.1, -0.05) is 48.0 Å². The lowest BCUT2D eigenvalue weighted by Crippen LogP contribution is -2.05. The maximum Gasteiger partial charge on any atom is 0.417 e. The fourth-order valence-corrected chi connectivity index (χ4v) is 2.69. The highest BCUT2D eigenvalue weighted by Crippen LogP contribution is 2.35. The number of aromatic nitrogens is 1. The molecule has 1 nitrogen and oxygen atoms in total. The normalized spacial score (nSPS) is 12.3. The summed E-state index contributed by atoms with van der Waals surface area (Å²) < 4.78 is 40.5. The zero-order valence-electron chi connectivity index (χ0n) is 12.0. The van der Waals surface area contributed by atoms with Gasteiger partial charge in [0.25, 0.3) is 0 Å². The molecule has 0 aliphatic rings. The Hall–Kier alpha value is -2.20. The van der Waals surface area contributed by atoms with Crippen LogP contribution in [0, 0.1) is 0 Å². The molecule has 118 valence electrons. The second-order valence-corrected chi connectivity index (χ2v) is 5.57. The number of nitrogens with zero attached hydrogens (tertiary/aromatic N) is 1. The molecule has 0 saturated heterocycles. The van der Waals surface area contributed by atoms with Crippen LogP contribution in [0.4, 0.5) is 13.2 Å². The minimum atomic E-state index is -4.45. The molecule has 0 aliphatic heterocycles. The smallest absolute Gasteiger partial charge is 0.344 e. The number of fused-ring (bicyclic) bond motifs is 1. The maximum atomic E-state index is 12.8. The molecule has 2 aromatic carbocycles. The fraction of sp³-hybridized carbons (Fsp3) is 0.111. The Morgan fingerprint density at radius 1 is 1.04 bits per heavy atom. The number of rotatable bonds is 3. The van der Waals surface area contributed by atoms with E-state index in [1.807, 2.05) is 47.2 Å². The van der Waals surface area contributed by atoms with Crippen molar-refractivity contribution in [2.24, 2.45) is 0 Å². The molecule has 3 rings (SSSR count). The number of hydrogen-bond donors (Lipinski definition) is 0. The first-order valence-corrected chi connectivity index (χ1v) is 7.40. The third kappa shape index (κ3) is 3.42. The topological polar surface area (TPSA) is 4.93 Å². The Labute approximate surface area is 136 Å². The van der Waals surface area contributed by atoms with Crippen LogP contribution in [0.5, 0.6) is 0 Å². The van der Waals surface area contributed by atoms with Crippen LogP contribution < -0.4 is 0 Å². The van der Waals surface area contributed by atoms with E-state index in [1.54, 1.807) is 12.1 Å². The highest BCUT2D eigenvalue weighted by atomic mass is 35.5. The number of benzene rings is 2. The molecule has 0 saturated carbocycles. The molecule has 1 heterocycles. The Morgan fingerprint density at radius 2 is 1.83 bits per heavy atom. The molecule has 0 bridgehead atoms. The molecule has 0 unspecified atom stereocenters. The van der Waals surface area contributed by atoms with E-state index < -0.39 is 11.7 Å². The summed E-state index contributed by atoms with van der Waals surface area (Å²) in [6, 6.07) is 13.9. The summed E-state index contributed by atoms with van der Waals surface area (Å²) in [7, 11) is 0. The van der Waals surface area contributed by atoms with Crippen LogP contribution in [0.2, 0.25) is 5.02 Å². The Kier molecular flexibility index (Phi) is 4.18. The van der Waals surface area contributed by atoms with Crippen molar-refractivity contribution in [2.45, 2.75) is 12.7 Å². The molecule has 1 aromatic heterocycles. The van der Waals surface area contributed by atoms with Crippen molar-refractivity contribution >= 4 is 28.6 Å². The van der Waals surface area contributed by atoms with Gasteiger partial charge in [0.15, 0.2) is 0 Å². The van der Waals surface area contributed by atoms with Gasteiger partial charge in [-0.05, 0) is 35.2 Å². The second-order valence-electron chi connectivity index (χ2n) is 5.17. The van der Waals surface area contributed by atoms with Crippen molar-refractivity contribution in [3.05, 3.63) is 77.0 Å². The molecular weight excluding hydrogens is 323 g/mol. The molecule has 5 heteroatoms. The van der Waals surface area contributed by atoms with E-state index in [9.17, 15) is 13.2 Å². The van der Waals surface area contributed by atoms with Gasteiger partial charge in [-0.25, -0.2) is 0 Å². The van der Waals surface area contributed by atoms with Gasteiger partial charge in [0.2, 0.25) is 0 Å². The summed E-state index contributed by atoms with van der Waals surface area (Å²) in [5, 5.41) is 0.845.